The van der Waals surface area contributed by atoms with Gasteiger partial charge in [-0.3, -0.25) is 15.1 Å². The van der Waals surface area contributed by atoms with Gasteiger partial charge in [-0.05, 0) is 32.1 Å². The highest BCUT2D eigenvalue weighted by Crippen LogP contribution is 2.31. The van der Waals surface area contributed by atoms with Crippen molar-refractivity contribution >= 4 is 11.9 Å². The van der Waals surface area contributed by atoms with Crippen LogP contribution in [-0.2, 0) is 9.53 Å². The molecule has 0 aromatic rings. The average Bonchev–Trinajstić information content (AvgIpc) is 2.65. The minimum Gasteiger partial charge on any atom is -0.381 e. The Morgan fingerprint density at radius 1 is 1.47 bits per heavy atom. The normalized spacial score (nSPS) is 35.1. The van der Waals surface area contributed by atoms with Gasteiger partial charge >= 0.3 is 0 Å². The van der Waals surface area contributed by atoms with E-state index in [4.69, 9.17) is 4.74 Å². The van der Waals surface area contributed by atoms with Crippen molar-refractivity contribution in [2.75, 3.05) is 13.7 Å². The molecule has 5 heteroatoms. The van der Waals surface area contributed by atoms with E-state index in [-0.39, 0.29) is 5.91 Å². The molecule has 96 valence electrons. The SMILES string of the molecule is CCCN=C1NC(=O)C2(CCC(OC)CC2)N1. The largest absolute Gasteiger partial charge is 0.381 e. The maximum atomic E-state index is 12.0. The summed E-state index contributed by atoms with van der Waals surface area (Å²) in [6.07, 6.45) is 4.78. The van der Waals surface area contributed by atoms with Crippen LogP contribution in [0.1, 0.15) is 39.0 Å². The number of hydrogen-bond acceptors (Lipinski definition) is 3. The minimum absolute atomic E-state index is 0.0712. The van der Waals surface area contributed by atoms with Gasteiger partial charge in [-0.1, -0.05) is 6.92 Å². The van der Waals surface area contributed by atoms with Crippen LogP contribution >= 0.6 is 0 Å². The lowest BCUT2D eigenvalue weighted by molar-refractivity contribution is -0.126. The fourth-order valence-corrected chi connectivity index (χ4v) is 2.52. The van der Waals surface area contributed by atoms with Crippen molar-refractivity contribution in [3.8, 4) is 0 Å². The number of nitrogens with one attached hydrogen (secondary N) is 2. The van der Waals surface area contributed by atoms with Crippen LogP contribution in [0.2, 0.25) is 0 Å². The van der Waals surface area contributed by atoms with Crippen molar-refractivity contribution in [3.63, 3.8) is 0 Å². The fourth-order valence-electron chi connectivity index (χ4n) is 2.52. The van der Waals surface area contributed by atoms with Gasteiger partial charge in [0.05, 0.1) is 6.10 Å². The van der Waals surface area contributed by atoms with Crippen molar-refractivity contribution in [2.24, 2.45) is 4.99 Å². The van der Waals surface area contributed by atoms with Gasteiger partial charge in [0.2, 0.25) is 0 Å². The highest BCUT2D eigenvalue weighted by atomic mass is 16.5. The number of rotatable bonds is 3. The number of ether oxygens (including phenoxy) is 1. The molecule has 0 unspecified atom stereocenters. The Kier molecular flexibility index (Phi) is 3.66. The predicted molar refractivity (Wildman–Crippen MR) is 65.9 cm³/mol. The fraction of sp³-hybridized carbons (Fsp3) is 0.833. The standard InChI is InChI=1S/C12H21N3O2/c1-3-8-13-11-14-10(16)12(15-11)6-4-9(17-2)5-7-12/h9H,3-8H2,1-2H3,(H2,13,14,15,16). The highest BCUT2D eigenvalue weighted by molar-refractivity contribution is 6.09. The molecule has 1 aliphatic heterocycles. The number of aliphatic imine (C=N–C) groups is 1. The second kappa shape index (κ2) is 5.04. The zero-order valence-corrected chi connectivity index (χ0v) is 10.6. The number of amides is 1. The van der Waals surface area contributed by atoms with Crippen molar-refractivity contribution < 1.29 is 9.53 Å². The van der Waals surface area contributed by atoms with Crippen molar-refractivity contribution in [1.29, 1.82) is 0 Å². The number of nitrogens with zero attached hydrogens (tertiary/aromatic N) is 1. The van der Waals surface area contributed by atoms with E-state index < -0.39 is 5.54 Å². The van der Waals surface area contributed by atoms with Crippen LogP contribution in [0.4, 0.5) is 0 Å². The molecule has 0 bridgehead atoms. The number of methoxy groups -OCH3 is 1. The highest BCUT2D eigenvalue weighted by Gasteiger charge is 2.47. The van der Waals surface area contributed by atoms with Gasteiger partial charge in [-0.25, -0.2) is 0 Å². The molecular formula is C12H21N3O2. The Labute approximate surface area is 102 Å². The lowest BCUT2D eigenvalue weighted by atomic mass is 9.80. The molecule has 17 heavy (non-hydrogen) atoms. The van der Waals surface area contributed by atoms with Crippen molar-refractivity contribution in [3.05, 3.63) is 0 Å². The van der Waals surface area contributed by atoms with Crippen LogP contribution in [0.25, 0.3) is 0 Å². The second-order valence-corrected chi connectivity index (χ2v) is 4.83. The van der Waals surface area contributed by atoms with E-state index >= 15 is 0 Å². The molecule has 0 radical (unpaired) electrons. The van der Waals surface area contributed by atoms with Crippen LogP contribution in [0.3, 0.4) is 0 Å². The molecule has 2 N–H and O–H groups in total. The molecule has 2 fully saturated rings. The summed E-state index contributed by atoms with van der Waals surface area (Å²) in [6, 6.07) is 0. The smallest absolute Gasteiger partial charge is 0.252 e. The summed E-state index contributed by atoms with van der Waals surface area (Å²) in [6.45, 7) is 2.82. The van der Waals surface area contributed by atoms with E-state index in [2.05, 4.69) is 22.5 Å². The summed E-state index contributed by atoms with van der Waals surface area (Å²) >= 11 is 0. The summed E-state index contributed by atoms with van der Waals surface area (Å²) in [7, 11) is 1.74. The topological polar surface area (TPSA) is 62.7 Å². The maximum Gasteiger partial charge on any atom is 0.252 e. The number of hydrogen-bond donors (Lipinski definition) is 2. The molecule has 2 aliphatic rings. The Bertz CT molecular complexity index is 320. The van der Waals surface area contributed by atoms with Crippen LogP contribution in [0.5, 0.6) is 0 Å². The third kappa shape index (κ3) is 2.44. The lowest BCUT2D eigenvalue weighted by Crippen LogP contribution is -2.50. The molecule has 1 amide bonds. The van der Waals surface area contributed by atoms with Crippen LogP contribution in [0, 0.1) is 0 Å². The number of carbonyl (C=O) groups excluding carboxylic acids is 1. The van der Waals surface area contributed by atoms with E-state index in [0.717, 1.165) is 38.6 Å². The minimum atomic E-state index is -0.429. The molecule has 1 spiro atoms. The zero-order chi connectivity index (χ0) is 12.3. The van der Waals surface area contributed by atoms with Gasteiger partial charge in [0.1, 0.15) is 5.54 Å². The maximum absolute atomic E-state index is 12.0. The summed E-state index contributed by atoms with van der Waals surface area (Å²) in [5, 5.41) is 6.11. The first kappa shape index (κ1) is 12.4. The van der Waals surface area contributed by atoms with Gasteiger partial charge in [0.25, 0.3) is 5.91 Å². The summed E-state index contributed by atoms with van der Waals surface area (Å²) in [5.74, 6) is 0.717. The molecule has 1 saturated carbocycles. The molecule has 1 heterocycles. The van der Waals surface area contributed by atoms with Gasteiger partial charge in [-0.2, -0.15) is 0 Å². The third-order valence-electron chi connectivity index (χ3n) is 3.64. The van der Waals surface area contributed by atoms with Gasteiger partial charge in [0, 0.05) is 13.7 Å². The second-order valence-electron chi connectivity index (χ2n) is 4.83. The molecular weight excluding hydrogens is 218 g/mol. The van der Waals surface area contributed by atoms with E-state index in [0.29, 0.717) is 12.1 Å². The Morgan fingerprint density at radius 2 is 2.18 bits per heavy atom. The summed E-state index contributed by atoms with van der Waals surface area (Å²) in [4.78, 5) is 16.3. The van der Waals surface area contributed by atoms with Crippen LogP contribution in [-0.4, -0.2) is 37.2 Å². The van der Waals surface area contributed by atoms with Gasteiger partial charge < -0.3 is 10.1 Å². The quantitative estimate of drug-likeness (QED) is 0.765. The zero-order valence-electron chi connectivity index (χ0n) is 10.6. The molecule has 0 atom stereocenters. The monoisotopic (exact) mass is 239 g/mol. The molecule has 0 aromatic carbocycles. The Balaban J connectivity index is 2.00. The number of guanidine groups is 1. The Hall–Kier alpha value is -1.10. The Morgan fingerprint density at radius 3 is 2.76 bits per heavy atom. The van der Waals surface area contributed by atoms with E-state index in [1.165, 1.54) is 0 Å². The van der Waals surface area contributed by atoms with Crippen LogP contribution < -0.4 is 10.6 Å². The van der Waals surface area contributed by atoms with Gasteiger partial charge in [0.15, 0.2) is 5.96 Å². The van der Waals surface area contributed by atoms with Crippen molar-refractivity contribution in [1.82, 2.24) is 10.6 Å². The summed E-state index contributed by atoms with van der Waals surface area (Å²) in [5.41, 5.74) is -0.429. The summed E-state index contributed by atoms with van der Waals surface area (Å²) < 4.78 is 5.33. The lowest BCUT2D eigenvalue weighted by Gasteiger charge is -2.34. The van der Waals surface area contributed by atoms with Crippen molar-refractivity contribution in [2.45, 2.75) is 50.7 Å². The first-order valence-corrected chi connectivity index (χ1v) is 6.37. The molecule has 2 rings (SSSR count). The molecule has 5 nitrogen and oxygen atoms in total. The predicted octanol–water partition coefficient (Wildman–Crippen LogP) is 0.800. The third-order valence-corrected chi connectivity index (χ3v) is 3.64. The average molecular weight is 239 g/mol. The molecule has 1 saturated heterocycles. The number of carbonyl (C=O) groups is 1. The first-order chi connectivity index (χ1) is 8.20. The van der Waals surface area contributed by atoms with E-state index in [1.807, 2.05) is 0 Å². The van der Waals surface area contributed by atoms with Crippen LogP contribution in [0.15, 0.2) is 4.99 Å². The molecule has 0 aromatic heterocycles. The first-order valence-electron chi connectivity index (χ1n) is 6.37. The van der Waals surface area contributed by atoms with Gasteiger partial charge in [-0.15, -0.1) is 0 Å². The van der Waals surface area contributed by atoms with E-state index in [9.17, 15) is 4.79 Å². The van der Waals surface area contributed by atoms with E-state index in [1.54, 1.807) is 7.11 Å². The molecule has 1 aliphatic carbocycles.